The predicted octanol–water partition coefficient (Wildman–Crippen LogP) is 7.74. The minimum Gasteiger partial charge on any atom is -0.481 e. The Hall–Kier alpha value is -0.830. The van der Waals surface area contributed by atoms with Gasteiger partial charge in [-0.1, -0.05) is 46.8 Å². The minimum atomic E-state index is -0.522. The SMILES string of the molecule is C=C(C)[C@@H]1CC[C@]2(C(=O)O)CC[C@]3(C)C(CCC4[C@@]5(C)CC[C@H](OC)C(C)(C)[C@@H]5CC[C@]43C)C12. The van der Waals surface area contributed by atoms with Crippen molar-refractivity contribution in [3.05, 3.63) is 12.2 Å². The van der Waals surface area contributed by atoms with Crippen molar-refractivity contribution >= 4 is 5.97 Å². The van der Waals surface area contributed by atoms with Crippen LogP contribution in [-0.4, -0.2) is 24.3 Å². The Balaban J connectivity index is 1.55. The summed E-state index contributed by atoms with van der Waals surface area (Å²) in [5.74, 6) is 2.05. The van der Waals surface area contributed by atoms with Crippen molar-refractivity contribution in [2.75, 3.05) is 7.11 Å². The Labute approximate surface area is 208 Å². The second-order valence-electron chi connectivity index (χ2n) is 14.7. The van der Waals surface area contributed by atoms with Crippen molar-refractivity contribution in [3.63, 3.8) is 0 Å². The van der Waals surface area contributed by atoms with Gasteiger partial charge in [-0.15, -0.1) is 0 Å². The molecule has 5 rings (SSSR count). The zero-order valence-electron chi connectivity index (χ0n) is 23.0. The van der Waals surface area contributed by atoms with Gasteiger partial charge >= 0.3 is 5.97 Å². The van der Waals surface area contributed by atoms with Gasteiger partial charge in [0.1, 0.15) is 0 Å². The van der Waals surface area contributed by atoms with Gasteiger partial charge in [0.05, 0.1) is 11.5 Å². The van der Waals surface area contributed by atoms with Gasteiger partial charge in [0, 0.05) is 7.11 Å². The Morgan fingerprint density at radius 3 is 2.18 bits per heavy atom. The summed E-state index contributed by atoms with van der Waals surface area (Å²) in [5.41, 5.74) is 1.76. The average molecular weight is 471 g/mol. The molecular formula is C31H50O3. The summed E-state index contributed by atoms with van der Waals surface area (Å²) in [7, 11) is 1.91. The number of ether oxygens (including phenoxy) is 1. The number of aliphatic carboxylic acids is 1. The number of carboxylic acid groups (broad SMARTS) is 1. The molecule has 5 saturated carbocycles. The highest BCUT2D eigenvalue weighted by molar-refractivity contribution is 5.76. The second kappa shape index (κ2) is 7.59. The van der Waals surface area contributed by atoms with Crippen LogP contribution in [0.15, 0.2) is 12.2 Å². The lowest BCUT2D eigenvalue weighted by Gasteiger charge is -2.72. The molecule has 0 saturated heterocycles. The van der Waals surface area contributed by atoms with Crippen LogP contribution in [0.5, 0.6) is 0 Å². The third-order valence-electron chi connectivity index (χ3n) is 13.7. The average Bonchev–Trinajstić information content (AvgIpc) is 3.15. The molecule has 5 aliphatic rings. The lowest BCUT2D eigenvalue weighted by Crippen LogP contribution is -2.67. The Morgan fingerprint density at radius 1 is 0.853 bits per heavy atom. The fourth-order valence-electron chi connectivity index (χ4n) is 11.9. The second-order valence-corrected chi connectivity index (χ2v) is 14.7. The van der Waals surface area contributed by atoms with Crippen molar-refractivity contribution in [2.45, 2.75) is 112 Å². The van der Waals surface area contributed by atoms with E-state index in [1.807, 2.05) is 7.11 Å². The quantitative estimate of drug-likeness (QED) is 0.429. The van der Waals surface area contributed by atoms with Crippen LogP contribution < -0.4 is 0 Å². The van der Waals surface area contributed by atoms with Crippen molar-refractivity contribution in [1.29, 1.82) is 0 Å². The first-order chi connectivity index (χ1) is 15.8. The number of hydrogen-bond donors (Lipinski definition) is 1. The van der Waals surface area contributed by atoms with Gasteiger partial charge in [-0.3, -0.25) is 4.79 Å². The van der Waals surface area contributed by atoms with Crippen LogP contribution in [0.1, 0.15) is 106 Å². The van der Waals surface area contributed by atoms with Crippen LogP contribution in [0.25, 0.3) is 0 Å². The number of rotatable bonds is 3. The largest absolute Gasteiger partial charge is 0.481 e. The summed E-state index contributed by atoms with van der Waals surface area (Å²) < 4.78 is 6.02. The van der Waals surface area contributed by atoms with Gasteiger partial charge in [-0.05, 0) is 122 Å². The van der Waals surface area contributed by atoms with E-state index in [9.17, 15) is 9.90 Å². The monoisotopic (exact) mass is 470 g/mol. The van der Waals surface area contributed by atoms with Crippen molar-refractivity contribution in [1.82, 2.24) is 0 Å². The molecule has 0 aromatic heterocycles. The Bertz CT molecular complexity index is 876. The molecule has 0 aliphatic heterocycles. The molecular weight excluding hydrogens is 420 g/mol. The third-order valence-corrected chi connectivity index (χ3v) is 13.7. The van der Waals surface area contributed by atoms with E-state index in [1.165, 1.54) is 44.1 Å². The van der Waals surface area contributed by atoms with E-state index in [0.29, 0.717) is 29.3 Å². The lowest BCUT2D eigenvalue weighted by atomic mass is 9.32. The molecule has 0 aromatic rings. The van der Waals surface area contributed by atoms with Gasteiger partial charge in [0.2, 0.25) is 0 Å². The molecule has 0 aromatic carbocycles. The number of carboxylic acids is 1. The highest BCUT2D eigenvalue weighted by Gasteiger charge is 2.72. The van der Waals surface area contributed by atoms with E-state index < -0.39 is 11.4 Å². The number of methoxy groups -OCH3 is 1. The van der Waals surface area contributed by atoms with E-state index in [4.69, 9.17) is 4.74 Å². The number of allylic oxidation sites excluding steroid dienone is 1. The maximum atomic E-state index is 12.8. The zero-order valence-corrected chi connectivity index (χ0v) is 23.0. The summed E-state index contributed by atoms with van der Waals surface area (Å²) >= 11 is 0. The van der Waals surface area contributed by atoms with E-state index in [1.54, 1.807) is 0 Å². The van der Waals surface area contributed by atoms with Crippen LogP contribution in [-0.2, 0) is 9.53 Å². The van der Waals surface area contributed by atoms with Crippen LogP contribution in [0.4, 0.5) is 0 Å². The molecule has 3 heteroatoms. The van der Waals surface area contributed by atoms with E-state index >= 15 is 0 Å². The molecule has 0 heterocycles. The molecule has 34 heavy (non-hydrogen) atoms. The van der Waals surface area contributed by atoms with Crippen LogP contribution in [0.2, 0.25) is 0 Å². The highest BCUT2D eigenvalue weighted by Crippen LogP contribution is 2.77. The van der Waals surface area contributed by atoms with Crippen molar-refractivity contribution in [3.8, 4) is 0 Å². The Kier molecular flexibility index (Phi) is 5.55. The predicted molar refractivity (Wildman–Crippen MR) is 137 cm³/mol. The molecule has 0 radical (unpaired) electrons. The molecule has 0 spiro atoms. The Morgan fingerprint density at radius 2 is 1.56 bits per heavy atom. The van der Waals surface area contributed by atoms with E-state index in [2.05, 4.69) is 48.1 Å². The summed E-state index contributed by atoms with van der Waals surface area (Å²) in [6, 6.07) is 0. The number of fused-ring (bicyclic) bond motifs is 7. The summed E-state index contributed by atoms with van der Waals surface area (Å²) in [6.45, 7) is 19.3. The van der Waals surface area contributed by atoms with Gasteiger partial charge in [0.25, 0.3) is 0 Å². The molecule has 5 aliphatic carbocycles. The van der Waals surface area contributed by atoms with Gasteiger partial charge in [-0.2, -0.15) is 0 Å². The summed E-state index contributed by atoms with van der Waals surface area (Å²) in [5, 5.41) is 10.5. The fourth-order valence-corrected chi connectivity index (χ4v) is 11.9. The van der Waals surface area contributed by atoms with Gasteiger partial charge < -0.3 is 9.84 Å². The standard InChI is InChI=1S/C31H50O3/c1-19(2)20-11-16-31(26(32)33)18-17-29(6)21(25(20)31)9-10-23-28(5)14-13-24(34-8)27(3,4)22(28)12-15-30(23,29)7/h20-25H,1,9-18H2,2-8H3,(H,32,33)/t20-,21?,22-,23?,24-,25?,28-,29+,30+,31-/m0/s1. The maximum Gasteiger partial charge on any atom is 0.309 e. The third kappa shape index (κ3) is 2.83. The smallest absolute Gasteiger partial charge is 0.309 e. The first-order valence-corrected chi connectivity index (χ1v) is 14.2. The fraction of sp³-hybridized carbons (Fsp3) is 0.903. The molecule has 3 unspecified atom stereocenters. The van der Waals surface area contributed by atoms with Crippen LogP contribution in [0.3, 0.4) is 0 Å². The molecule has 5 fully saturated rings. The maximum absolute atomic E-state index is 12.8. The zero-order chi connectivity index (χ0) is 24.9. The van der Waals surface area contributed by atoms with Crippen LogP contribution >= 0.6 is 0 Å². The first-order valence-electron chi connectivity index (χ1n) is 14.2. The molecule has 10 atom stereocenters. The first kappa shape index (κ1) is 24.8. The minimum absolute atomic E-state index is 0.211. The lowest BCUT2D eigenvalue weighted by molar-refractivity contribution is -0.249. The normalized spacial score (nSPS) is 53.7. The summed E-state index contributed by atoms with van der Waals surface area (Å²) in [4.78, 5) is 12.8. The highest BCUT2D eigenvalue weighted by atomic mass is 16.5. The van der Waals surface area contributed by atoms with Gasteiger partial charge in [-0.25, -0.2) is 0 Å². The van der Waals surface area contributed by atoms with Crippen LogP contribution in [0, 0.1) is 56.7 Å². The van der Waals surface area contributed by atoms with E-state index in [-0.39, 0.29) is 22.2 Å². The summed E-state index contributed by atoms with van der Waals surface area (Å²) in [6.07, 6.45) is 11.7. The molecule has 192 valence electrons. The topological polar surface area (TPSA) is 46.5 Å². The number of hydrogen-bond acceptors (Lipinski definition) is 2. The molecule has 0 amide bonds. The number of carbonyl (C=O) groups is 1. The van der Waals surface area contributed by atoms with Crippen molar-refractivity contribution < 1.29 is 14.6 Å². The molecule has 3 nitrogen and oxygen atoms in total. The molecule has 0 bridgehead atoms. The van der Waals surface area contributed by atoms with Crippen molar-refractivity contribution in [2.24, 2.45) is 56.7 Å². The molecule has 1 N–H and O–H groups in total. The van der Waals surface area contributed by atoms with E-state index in [0.717, 1.165) is 31.6 Å². The van der Waals surface area contributed by atoms with Gasteiger partial charge in [0.15, 0.2) is 0 Å².